The Morgan fingerprint density at radius 3 is 2.41 bits per heavy atom. The van der Waals surface area contributed by atoms with Crippen LogP contribution in [0.5, 0.6) is 0 Å². The molecule has 3 heteroatoms. The molecular formula is C14H25NO2. The molecule has 0 aromatic carbocycles. The van der Waals surface area contributed by atoms with Gasteiger partial charge < -0.3 is 5.11 Å². The SMILES string of the molecule is C=CCN(CC(=O)O)C1CCC(C(C)C)CC1. The lowest BCUT2D eigenvalue weighted by Gasteiger charge is -2.36. The highest BCUT2D eigenvalue weighted by Crippen LogP contribution is 2.32. The summed E-state index contributed by atoms with van der Waals surface area (Å²) in [6.45, 7) is 9.10. The lowest BCUT2D eigenvalue weighted by atomic mass is 9.79. The van der Waals surface area contributed by atoms with Gasteiger partial charge in [-0.25, -0.2) is 0 Å². The molecule has 0 saturated heterocycles. The van der Waals surface area contributed by atoms with Gasteiger partial charge in [0.25, 0.3) is 0 Å². The Hall–Kier alpha value is -0.830. The number of hydrogen-bond donors (Lipinski definition) is 1. The van der Waals surface area contributed by atoms with Crippen LogP contribution >= 0.6 is 0 Å². The van der Waals surface area contributed by atoms with Gasteiger partial charge in [-0.15, -0.1) is 6.58 Å². The molecule has 1 aliphatic rings. The lowest BCUT2D eigenvalue weighted by molar-refractivity contribution is -0.139. The molecular weight excluding hydrogens is 214 g/mol. The first kappa shape index (κ1) is 14.2. The predicted molar refractivity (Wildman–Crippen MR) is 70.0 cm³/mol. The van der Waals surface area contributed by atoms with Crippen LogP contribution in [0.2, 0.25) is 0 Å². The van der Waals surface area contributed by atoms with E-state index < -0.39 is 5.97 Å². The van der Waals surface area contributed by atoms with E-state index in [1.54, 1.807) is 6.08 Å². The number of hydrogen-bond acceptors (Lipinski definition) is 2. The van der Waals surface area contributed by atoms with Crippen LogP contribution in [-0.2, 0) is 4.79 Å². The molecule has 0 spiro atoms. The molecule has 0 atom stereocenters. The zero-order chi connectivity index (χ0) is 12.8. The minimum Gasteiger partial charge on any atom is -0.480 e. The third-order valence-electron chi connectivity index (χ3n) is 3.90. The maximum Gasteiger partial charge on any atom is 0.317 e. The zero-order valence-electron chi connectivity index (χ0n) is 11.1. The van der Waals surface area contributed by atoms with Crippen molar-refractivity contribution in [1.29, 1.82) is 0 Å². The summed E-state index contributed by atoms with van der Waals surface area (Å²) < 4.78 is 0. The summed E-state index contributed by atoms with van der Waals surface area (Å²) in [6.07, 6.45) is 6.52. The molecule has 0 unspecified atom stereocenters. The highest BCUT2D eigenvalue weighted by atomic mass is 16.4. The van der Waals surface area contributed by atoms with Gasteiger partial charge in [0.05, 0.1) is 6.54 Å². The van der Waals surface area contributed by atoms with E-state index >= 15 is 0 Å². The van der Waals surface area contributed by atoms with Gasteiger partial charge in [-0.05, 0) is 37.5 Å². The number of carbonyl (C=O) groups is 1. The summed E-state index contributed by atoms with van der Waals surface area (Å²) >= 11 is 0. The number of carboxylic acids is 1. The third-order valence-corrected chi connectivity index (χ3v) is 3.90. The molecule has 0 aromatic heterocycles. The van der Waals surface area contributed by atoms with Crippen molar-refractivity contribution in [1.82, 2.24) is 4.90 Å². The molecule has 1 aliphatic carbocycles. The number of rotatable bonds is 6. The van der Waals surface area contributed by atoms with Crippen molar-refractivity contribution < 1.29 is 9.90 Å². The Bertz CT molecular complexity index is 255. The predicted octanol–water partition coefficient (Wildman–Crippen LogP) is 2.77. The van der Waals surface area contributed by atoms with E-state index in [1.165, 1.54) is 12.8 Å². The number of aliphatic carboxylic acids is 1. The molecule has 98 valence electrons. The van der Waals surface area contributed by atoms with Gasteiger partial charge in [0.2, 0.25) is 0 Å². The standard InChI is InChI=1S/C14H25NO2/c1-4-9-15(10-14(16)17)13-7-5-12(6-8-13)11(2)3/h4,11-13H,1,5-10H2,2-3H3,(H,16,17). The van der Waals surface area contributed by atoms with E-state index in [0.29, 0.717) is 12.6 Å². The minimum atomic E-state index is -0.738. The third kappa shape index (κ3) is 4.50. The first-order valence-corrected chi connectivity index (χ1v) is 6.61. The second kappa shape index (κ2) is 6.80. The molecule has 0 radical (unpaired) electrons. The Balaban J connectivity index is 2.48. The molecule has 3 nitrogen and oxygen atoms in total. The summed E-state index contributed by atoms with van der Waals surface area (Å²) in [6, 6.07) is 0.430. The molecule has 17 heavy (non-hydrogen) atoms. The maximum atomic E-state index is 10.8. The molecule has 0 bridgehead atoms. The number of nitrogens with zero attached hydrogens (tertiary/aromatic N) is 1. The molecule has 0 heterocycles. The van der Waals surface area contributed by atoms with Crippen molar-refractivity contribution in [3.63, 3.8) is 0 Å². The van der Waals surface area contributed by atoms with Crippen LogP contribution < -0.4 is 0 Å². The van der Waals surface area contributed by atoms with Gasteiger partial charge in [0.1, 0.15) is 0 Å². The molecule has 0 aromatic rings. The number of carboxylic acid groups (broad SMARTS) is 1. The smallest absolute Gasteiger partial charge is 0.317 e. The van der Waals surface area contributed by atoms with Crippen LogP contribution in [0, 0.1) is 11.8 Å². The fraction of sp³-hybridized carbons (Fsp3) is 0.786. The van der Waals surface area contributed by atoms with Crippen LogP contribution in [0.15, 0.2) is 12.7 Å². The summed E-state index contributed by atoms with van der Waals surface area (Å²) in [7, 11) is 0. The summed E-state index contributed by atoms with van der Waals surface area (Å²) in [5.41, 5.74) is 0. The fourth-order valence-electron chi connectivity index (χ4n) is 2.82. The minimum absolute atomic E-state index is 0.142. The normalized spacial score (nSPS) is 25.2. The summed E-state index contributed by atoms with van der Waals surface area (Å²) in [4.78, 5) is 12.9. The van der Waals surface area contributed by atoms with Gasteiger partial charge in [-0.1, -0.05) is 19.9 Å². The van der Waals surface area contributed by atoms with Crippen molar-refractivity contribution in [2.75, 3.05) is 13.1 Å². The van der Waals surface area contributed by atoms with Crippen LogP contribution in [0.1, 0.15) is 39.5 Å². The molecule has 0 aliphatic heterocycles. The van der Waals surface area contributed by atoms with E-state index in [2.05, 4.69) is 20.4 Å². The van der Waals surface area contributed by atoms with Crippen molar-refractivity contribution in [3.05, 3.63) is 12.7 Å². The van der Waals surface area contributed by atoms with Crippen LogP contribution in [0.25, 0.3) is 0 Å². The van der Waals surface area contributed by atoms with E-state index in [4.69, 9.17) is 5.11 Å². The van der Waals surface area contributed by atoms with Gasteiger partial charge >= 0.3 is 5.97 Å². The molecule has 1 saturated carbocycles. The van der Waals surface area contributed by atoms with Gasteiger partial charge in [-0.3, -0.25) is 9.69 Å². The highest BCUT2D eigenvalue weighted by molar-refractivity contribution is 5.69. The van der Waals surface area contributed by atoms with Crippen LogP contribution in [0.3, 0.4) is 0 Å². The van der Waals surface area contributed by atoms with Crippen LogP contribution in [-0.4, -0.2) is 35.1 Å². The topological polar surface area (TPSA) is 40.5 Å². The van der Waals surface area contributed by atoms with Gasteiger partial charge in [0.15, 0.2) is 0 Å². The lowest BCUT2D eigenvalue weighted by Crippen LogP contribution is -2.41. The summed E-state index contributed by atoms with van der Waals surface area (Å²) in [5, 5.41) is 8.91. The summed E-state index contributed by atoms with van der Waals surface area (Å²) in [5.74, 6) is 0.836. The first-order chi connectivity index (χ1) is 8.04. The average Bonchev–Trinajstić information content (AvgIpc) is 2.28. The second-order valence-electron chi connectivity index (χ2n) is 5.42. The largest absolute Gasteiger partial charge is 0.480 e. The Morgan fingerprint density at radius 1 is 1.41 bits per heavy atom. The average molecular weight is 239 g/mol. The Morgan fingerprint density at radius 2 is 2.00 bits per heavy atom. The zero-order valence-corrected chi connectivity index (χ0v) is 11.1. The quantitative estimate of drug-likeness (QED) is 0.725. The van der Waals surface area contributed by atoms with Crippen LogP contribution in [0.4, 0.5) is 0 Å². The monoisotopic (exact) mass is 239 g/mol. The molecule has 1 fully saturated rings. The maximum absolute atomic E-state index is 10.8. The van der Waals surface area contributed by atoms with Crippen molar-refractivity contribution >= 4 is 5.97 Å². The highest BCUT2D eigenvalue weighted by Gasteiger charge is 2.27. The Labute approximate surface area is 105 Å². The van der Waals surface area contributed by atoms with E-state index in [1.807, 2.05) is 4.90 Å². The Kier molecular flexibility index (Phi) is 5.69. The molecule has 1 N–H and O–H groups in total. The van der Waals surface area contributed by atoms with E-state index in [0.717, 1.165) is 24.7 Å². The second-order valence-corrected chi connectivity index (χ2v) is 5.42. The van der Waals surface area contributed by atoms with Crippen molar-refractivity contribution in [3.8, 4) is 0 Å². The molecule has 0 amide bonds. The van der Waals surface area contributed by atoms with Gasteiger partial charge in [0, 0.05) is 12.6 Å². The van der Waals surface area contributed by atoms with Gasteiger partial charge in [-0.2, -0.15) is 0 Å². The van der Waals surface area contributed by atoms with Crippen molar-refractivity contribution in [2.24, 2.45) is 11.8 Å². The first-order valence-electron chi connectivity index (χ1n) is 6.61. The van der Waals surface area contributed by atoms with Crippen molar-refractivity contribution in [2.45, 2.75) is 45.6 Å². The van der Waals surface area contributed by atoms with E-state index in [-0.39, 0.29) is 6.54 Å². The fourth-order valence-corrected chi connectivity index (χ4v) is 2.82. The van der Waals surface area contributed by atoms with E-state index in [9.17, 15) is 4.79 Å². The molecule has 1 rings (SSSR count).